The van der Waals surface area contributed by atoms with E-state index in [-0.39, 0.29) is 11.9 Å². The van der Waals surface area contributed by atoms with Gasteiger partial charge >= 0.3 is 0 Å². The number of carbonyl (C=O) groups excluding carboxylic acids is 1. The molecular weight excluding hydrogens is 328 g/mol. The predicted octanol–water partition coefficient (Wildman–Crippen LogP) is 3.26. The Hall–Kier alpha value is -1.60. The van der Waals surface area contributed by atoms with E-state index < -0.39 is 0 Å². The molecule has 0 saturated heterocycles. The maximum absolute atomic E-state index is 12.2. The molecule has 122 valence electrons. The number of anilines is 1. The molecule has 2 aromatic rings. The first-order valence-electron chi connectivity index (χ1n) is 7.83. The Bertz CT molecular complexity index is 674. The van der Waals surface area contributed by atoms with Gasteiger partial charge in [0.15, 0.2) is 4.34 Å². The van der Waals surface area contributed by atoms with E-state index in [0.29, 0.717) is 5.75 Å². The molecule has 0 saturated carbocycles. The van der Waals surface area contributed by atoms with E-state index in [1.165, 1.54) is 34.2 Å². The quantitative estimate of drug-likeness (QED) is 0.785. The average Bonchev–Trinajstić information content (AvgIpc) is 3.01. The summed E-state index contributed by atoms with van der Waals surface area (Å²) in [5, 5.41) is 15.2. The Balaban J connectivity index is 1.53. The van der Waals surface area contributed by atoms with Crippen molar-refractivity contribution in [3.05, 3.63) is 35.4 Å². The molecule has 23 heavy (non-hydrogen) atoms. The van der Waals surface area contributed by atoms with Crippen molar-refractivity contribution in [3.8, 4) is 0 Å². The number of aryl methyl sites for hydroxylation is 1. The first kappa shape index (κ1) is 16.3. The smallest absolute Gasteiger partial charge is 0.230 e. The Kier molecular flexibility index (Phi) is 5.51. The van der Waals surface area contributed by atoms with Crippen molar-refractivity contribution in [2.45, 2.75) is 36.6 Å². The fraction of sp³-hybridized carbons (Fsp3) is 0.438. The fourth-order valence-electron chi connectivity index (χ4n) is 2.76. The van der Waals surface area contributed by atoms with E-state index in [2.05, 4.69) is 39.0 Å². The summed E-state index contributed by atoms with van der Waals surface area (Å²) in [6, 6.07) is 8.53. The van der Waals surface area contributed by atoms with Crippen molar-refractivity contribution in [2.75, 3.05) is 17.6 Å². The van der Waals surface area contributed by atoms with E-state index in [1.807, 2.05) is 13.0 Å². The van der Waals surface area contributed by atoms with Crippen molar-refractivity contribution >= 4 is 34.1 Å². The van der Waals surface area contributed by atoms with Crippen LogP contribution in [0.15, 0.2) is 28.6 Å². The lowest BCUT2D eigenvalue weighted by atomic mass is 9.88. The summed E-state index contributed by atoms with van der Waals surface area (Å²) in [4.78, 5) is 12.2. The van der Waals surface area contributed by atoms with Gasteiger partial charge in [-0.15, -0.1) is 10.2 Å². The second-order valence-electron chi connectivity index (χ2n) is 5.40. The topological polar surface area (TPSA) is 66.9 Å². The predicted molar refractivity (Wildman–Crippen MR) is 95.1 cm³/mol. The van der Waals surface area contributed by atoms with E-state index in [0.717, 1.165) is 35.3 Å². The zero-order valence-electron chi connectivity index (χ0n) is 13.0. The van der Waals surface area contributed by atoms with Crippen molar-refractivity contribution in [3.63, 3.8) is 0 Å². The number of rotatable bonds is 6. The third kappa shape index (κ3) is 4.23. The number of hydrogen-bond acceptors (Lipinski definition) is 6. The van der Waals surface area contributed by atoms with Gasteiger partial charge in [0.05, 0.1) is 11.8 Å². The summed E-state index contributed by atoms with van der Waals surface area (Å²) < 4.78 is 0.820. The summed E-state index contributed by atoms with van der Waals surface area (Å²) >= 11 is 2.92. The van der Waals surface area contributed by atoms with Crippen molar-refractivity contribution < 1.29 is 4.79 Å². The minimum Gasteiger partial charge on any atom is -0.360 e. The molecule has 7 heteroatoms. The fourth-order valence-corrected chi connectivity index (χ4v) is 4.39. The molecule has 2 N–H and O–H groups in total. The number of nitrogens with zero attached hydrogens (tertiary/aromatic N) is 2. The zero-order chi connectivity index (χ0) is 16.1. The van der Waals surface area contributed by atoms with Gasteiger partial charge in [-0.25, -0.2) is 0 Å². The molecule has 3 rings (SSSR count). The van der Waals surface area contributed by atoms with Crippen LogP contribution in [0, 0.1) is 0 Å². The molecule has 0 fully saturated rings. The number of thioether (sulfide) groups is 1. The standard InChI is InChI=1S/C16H20N4OS2/c1-2-17-15-19-20-16(23-15)22-10-14(21)18-13-9-5-7-11-6-3-4-8-12(11)13/h3-4,6,8,13H,2,5,7,9-10H2,1H3,(H,17,19)(H,18,21)/t13-/m0/s1. The molecule has 1 heterocycles. The number of hydrogen-bond donors (Lipinski definition) is 2. The Morgan fingerprint density at radius 2 is 2.26 bits per heavy atom. The maximum atomic E-state index is 12.2. The van der Waals surface area contributed by atoms with E-state index in [1.54, 1.807) is 0 Å². The number of benzene rings is 1. The number of amides is 1. The third-order valence-electron chi connectivity index (χ3n) is 3.77. The van der Waals surface area contributed by atoms with Crippen LogP contribution in [0.25, 0.3) is 0 Å². The van der Waals surface area contributed by atoms with Gasteiger partial charge in [-0.3, -0.25) is 4.79 Å². The molecule has 1 aromatic heterocycles. The number of carbonyl (C=O) groups is 1. The number of aromatic nitrogens is 2. The summed E-state index contributed by atoms with van der Waals surface area (Å²) in [5.74, 6) is 0.427. The largest absolute Gasteiger partial charge is 0.360 e. The van der Waals surface area contributed by atoms with Gasteiger partial charge < -0.3 is 10.6 Å². The molecule has 1 amide bonds. The summed E-state index contributed by atoms with van der Waals surface area (Å²) in [6.45, 7) is 2.84. The highest BCUT2D eigenvalue weighted by molar-refractivity contribution is 8.01. The van der Waals surface area contributed by atoms with Gasteiger partial charge in [0.1, 0.15) is 0 Å². The lowest BCUT2D eigenvalue weighted by Gasteiger charge is -2.26. The summed E-state index contributed by atoms with van der Waals surface area (Å²) in [6.07, 6.45) is 3.24. The highest BCUT2D eigenvalue weighted by atomic mass is 32.2. The first-order chi connectivity index (χ1) is 11.3. The van der Waals surface area contributed by atoms with E-state index >= 15 is 0 Å². The Labute approximate surface area is 144 Å². The van der Waals surface area contributed by atoms with Crippen LogP contribution in [0.4, 0.5) is 5.13 Å². The molecule has 0 unspecified atom stereocenters. The van der Waals surface area contributed by atoms with Gasteiger partial charge in [-0.05, 0) is 37.3 Å². The summed E-state index contributed by atoms with van der Waals surface area (Å²) in [7, 11) is 0. The third-order valence-corrected chi connectivity index (χ3v) is 5.78. The minimum absolute atomic E-state index is 0.0527. The zero-order valence-corrected chi connectivity index (χ0v) is 14.7. The number of nitrogens with one attached hydrogen (secondary N) is 2. The second-order valence-corrected chi connectivity index (χ2v) is 7.60. The minimum atomic E-state index is 0.0527. The molecular formula is C16H20N4OS2. The second kappa shape index (κ2) is 7.79. The Morgan fingerprint density at radius 1 is 1.39 bits per heavy atom. The SMILES string of the molecule is CCNc1nnc(SCC(=O)N[C@H]2CCCc3ccccc32)s1. The van der Waals surface area contributed by atoms with Crippen molar-refractivity contribution in [1.82, 2.24) is 15.5 Å². The van der Waals surface area contributed by atoms with Crippen LogP contribution >= 0.6 is 23.1 Å². The monoisotopic (exact) mass is 348 g/mol. The Morgan fingerprint density at radius 3 is 3.13 bits per heavy atom. The molecule has 0 bridgehead atoms. The molecule has 1 aliphatic carbocycles. The molecule has 0 radical (unpaired) electrons. The number of fused-ring (bicyclic) bond motifs is 1. The molecule has 5 nitrogen and oxygen atoms in total. The molecule has 0 aliphatic heterocycles. The van der Waals surface area contributed by atoms with Gasteiger partial charge in [0.25, 0.3) is 0 Å². The molecule has 1 aromatic carbocycles. The van der Waals surface area contributed by atoms with Crippen LogP contribution in [0.2, 0.25) is 0 Å². The lowest BCUT2D eigenvalue weighted by Crippen LogP contribution is -2.32. The van der Waals surface area contributed by atoms with Crippen molar-refractivity contribution in [2.24, 2.45) is 0 Å². The van der Waals surface area contributed by atoms with Crippen LogP contribution in [0.3, 0.4) is 0 Å². The molecule has 0 spiro atoms. The summed E-state index contributed by atoms with van der Waals surface area (Å²) in [5.41, 5.74) is 2.62. The van der Waals surface area contributed by atoms with Gasteiger partial charge in [0, 0.05) is 6.54 Å². The highest BCUT2D eigenvalue weighted by Crippen LogP contribution is 2.30. The molecule has 1 atom stereocenters. The van der Waals surface area contributed by atoms with Crippen LogP contribution in [-0.4, -0.2) is 28.4 Å². The molecule has 1 aliphatic rings. The first-order valence-corrected chi connectivity index (χ1v) is 9.64. The highest BCUT2D eigenvalue weighted by Gasteiger charge is 2.21. The van der Waals surface area contributed by atoms with E-state index in [4.69, 9.17) is 0 Å². The maximum Gasteiger partial charge on any atom is 0.230 e. The van der Waals surface area contributed by atoms with E-state index in [9.17, 15) is 4.79 Å². The van der Waals surface area contributed by atoms with Crippen molar-refractivity contribution in [1.29, 1.82) is 0 Å². The van der Waals surface area contributed by atoms with Gasteiger partial charge in [-0.2, -0.15) is 0 Å². The average molecular weight is 348 g/mol. The van der Waals surface area contributed by atoms with Crippen LogP contribution < -0.4 is 10.6 Å². The van der Waals surface area contributed by atoms with Gasteiger partial charge in [-0.1, -0.05) is 47.4 Å². The van der Waals surface area contributed by atoms with Crippen LogP contribution in [-0.2, 0) is 11.2 Å². The normalized spacial score (nSPS) is 16.7. The van der Waals surface area contributed by atoms with Gasteiger partial charge in [0.2, 0.25) is 11.0 Å². The lowest BCUT2D eigenvalue weighted by molar-refractivity contribution is -0.119. The van der Waals surface area contributed by atoms with Crippen LogP contribution in [0.5, 0.6) is 0 Å². The van der Waals surface area contributed by atoms with Crippen LogP contribution in [0.1, 0.15) is 36.9 Å².